The van der Waals surface area contributed by atoms with E-state index in [2.05, 4.69) is 25.5 Å². The molecule has 0 bridgehead atoms. The molecule has 1 atom stereocenters. The highest BCUT2D eigenvalue weighted by Crippen LogP contribution is 2.23. The van der Waals surface area contributed by atoms with Gasteiger partial charge in [0.1, 0.15) is 11.6 Å². The molecule has 3 aromatic rings. The van der Waals surface area contributed by atoms with Gasteiger partial charge in [0.15, 0.2) is 0 Å². The first kappa shape index (κ1) is 18.7. The van der Waals surface area contributed by atoms with Crippen molar-refractivity contribution in [1.82, 2.24) is 20.2 Å². The minimum absolute atomic E-state index is 0.133. The van der Waals surface area contributed by atoms with Gasteiger partial charge in [0.25, 0.3) is 0 Å². The van der Waals surface area contributed by atoms with Crippen molar-refractivity contribution in [1.29, 1.82) is 0 Å². The fourth-order valence-electron chi connectivity index (χ4n) is 2.45. The summed E-state index contributed by atoms with van der Waals surface area (Å²) in [6.07, 6.45) is -1.27. The van der Waals surface area contributed by atoms with Crippen LogP contribution in [0.15, 0.2) is 48.9 Å². The van der Waals surface area contributed by atoms with Crippen LogP contribution >= 0.6 is 0 Å². The maximum Gasteiger partial charge on any atom is 0.394 e. The van der Waals surface area contributed by atoms with E-state index in [0.717, 1.165) is 5.56 Å². The van der Waals surface area contributed by atoms with Crippen molar-refractivity contribution in [2.45, 2.75) is 25.6 Å². The van der Waals surface area contributed by atoms with Crippen LogP contribution in [-0.2, 0) is 6.42 Å². The Morgan fingerprint density at radius 3 is 2.41 bits per heavy atom. The third-order valence-corrected chi connectivity index (χ3v) is 3.77. The van der Waals surface area contributed by atoms with Gasteiger partial charge in [0.05, 0.1) is 36.4 Å². The number of hydrogen-bond acceptors (Lipinski definition) is 5. The minimum Gasteiger partial charge on any atom is -0.362 e. The Morgan fingerprint density at radius 2 is 1.78 bits per heavy atom. The number of alkyl halides is 3. The fraction of sp³-hybridized carbons (Fsp3) is 0.222. The van der Waals surface area contributed by atoms with E-state index >= 15 is 0 Å². The van der Waals surface area contributed by atoms with E-state index in [1.54, 1.807) is 12.1 Å². The molecule has 0 radical (unpaired) electrons. The van der Waals surface area contributed by atoms with Gasteiger partial charge < -0.3 is 5.32 Å². The van der Waals surface area contributed by atoms with Crippen molar-refractivity contribution < 1.29 is 17.6 Å². The van der Waals surface area contributed by atoms with Crippen molar-refractivity contribution >= 4 is 5.82 Å². The molecule has 0 amide bonds. The summed E-state index contributed by atoms with van der Waals surface area (Å²) in [5.41, 5.74) is 1.47. The maximum absolute atomic E-state index is 13.0. The lowest BCUT2D eigenvalue weighted by atomic mass is 10.1. The summed E-state index contributed by atoms with van der Waals surface area (Å²) < 4.78 is 50.4. The number of aromatic nitrogens is 4. The molecule has 1 aromatic carbocycles. The topological polar surface area (TPSA) is 63.6 Å². The lowest BCUT2D eigenvalue weighted by Gasteiger charge is -2.15. The summed E-state index contributed by atoms with van der Waals surface area (Å²) in [6, 6.07) is 7.23. The first-order valence-electron chi connectivity index (χ1n) is 8.03. The van der Waals surface area contributed by atoms with Gasteiger partial charge >= 0.3 is 6.18 Å². The normalized spacial score (nSPS) is 12.6. The molecule has 0 saturated carbocycles. The zero-order valence-corrected chi connectivity index (χ0v) is 14.2. The lowest BCUT2D eigenvalue weighted by Crippen LogP contribution is -2.13. The van der Waals surface area contributed by atoms with Crippen molar-refractivity contribution in [3.05, 3.63) is 66.0 Å². The zero-order chi connectivity index (χ0) is 19.4. The van der Waals surface area contributed by atoms with Crippen LogP contribution in [0.5, 0.6) is 0 Å². The van der Waals surface area contributed by atoms with Crippen LogP contribution in [0.25, 0.3) is 11.3 Å². The third-order valence-electron chi connectivity index (χ3n) is 3.77. The van der Waals surface area contributed by atoms with Crippen molar-refractivity contribution in [3.8, 4) is 11.3 Å². The number of halogens is 4. The summed E-state index contributed by atoms with van der Waals surface area (Å²) in [7, 11) is 0. The van der Waals surface area contributed by atoms with Gasteiger partial charge in [0.2, 0.25) is 0 Å². The molecule has 3 rings (SSSR count). The summed E-state index contributed by atoms with van der Waals surface area (Å²) in [6.45, 7) is 1.89. The molecule has 27 heavy (non-hydrogen) atoms. The van der Waals surface area contributed by atoms with Crippen LogP contribution in [0.1, 0.15) is 24.2 Å². The molecule has 0 aliphatic heterocycles. The number of nitrogens with zero attached hydrogens (tertiary/aromatic N) is 4. The molecule has 0 spiro atoms. The summed E-state index contributed by atoms with van der Waals surface area (Å²) in [5.74, 6) is 0.166. The summed E-state index contributed by atoms with van der Waals surface area (Å²) in [5, 5.41) is 10.2. The van der Waals surface area contributed by atoms with Gasteiger partial charge in [-0.15, -0.1) is 0 Å². The SMILES string of the molecule is C[C@@H](Nc1cnc(-c2cnnc(CC(F)(F)F)c2)cn1)c1ccc(F)cc1. The van der Waals surface area contributed by atoms with Crippen molar-refractivity contribution in [2.75, 3.05) is 5.32 Å². The van der Waals surface area contributed by atoms with E-state index in [1.807, 2.05) is 6.92 Å². The summed E-state index contributed by atoms with van der Waals surface area (Å²) >= 11 is 0. The van der Waals surface area contributed by atoms with Crippen LogP contribution in [0.4, 0.5) is 23.4 Å². The highest BCUT2D eigenvalue weighted by atomic mass is 19.4. The predicted molar refractivity (Wildman–Crippen MR) is 91.3 cm³/mol. The molecule has 2 heterocycles. The zero-order valence-electron chi connectivity index (χ0n) is 14.2. The quantitative estimate of drug-likeness (QED) is 0.670. The molecular formula is C18H15F4N5. The fourth-order valence-corrected chi connectivity index (χ4v) is 2.45. The number of hydrogen-bond donors (Lipinski definition) is 1. The smallest absolute Gasteiger partial charge is 0.362 e. The largest absolute Gasteiger partial charge is 0.394 e. The van der Waals surface area contributed by atoms with Crippen molar-refractivity contribution in [2.24, 2.45) is 0 Å². The van der Waals surface area contributed by atoms with Crippen LogP contribution in [0.2, 0.25) is 0 Å². The number of nitrogens with one attached hydrogen (secondary N) is 1. The molecule has 9 heteroatoms. The average Bonchev–Trinajstić information content (AvgIpc) is 2.61. The van der Waals surface area contributed by atoms with E-state index in [9.17, 15) is 17.6 Å². The van der Waals surface area contributed by atoms with E-state index in [0.29, 0.717) is 17.1 Å². The first-order valence-corrected chi connectivity index (χ1v) is 8.03. The molecular weight excluding hydrogens is 362 g/mol. The second-order valence-corrected chi connectivity index (χ2v) is 5.93. The molecule has 0 aliphatic carbocycles. The second kappa shape index (κ2) is 7.65. The van der Waals surface area contributed by atoms with E-state index < -0.39 is 12.6 Å². The van der Waals surface area contributed by atoms with Gasteiger partial charge in [-0.2, -0.15) is 23.4 Å². The van der Waals surface area contributed by atoms with E-state index in [-0.39, 0.29) is 17.6 Å². The number of benzene rings is 1. The molecule has 1 N–H and O–H groups in total. The average molecular weight is 377 g/mol. The Balaban J connectivity index is 1.72. The highest BCUT2D eigenvalue weighted by Gasteiger charge is 2.28. The standard InChI is InChI=1S/C18H15F4N5/c1-11(12-2-4-14(19)5-3-12)26-17-10-23-16(9-24-17)13-6-15(27-25-8-13)7-18(20,21)22/h2-6,8-11H,7H2,1H3,(H,24,26)/t11-/m1/s1. The minimum atomic E-state index is -4.36. The predicted octanol–water partition coefficient (Wildman–Crippen LogP) is 4.35. The van der Waals surface area contributed by atoms with Gasteiger partial charge in [-0.05, 0) is 30.7 Å². The maximum atomic E-state index is 13.0. The van der Waals surface area contributed by atoms with Crippen molar-refractivity contribution in [3.63, 3.8) is 0 Å². The van der Waals surface area contributed by atoms with Crippen LogP contribution < -0.4 is 5.32 Å². The Bertz CT molecular complexity index is 895. The van der Waals surface area contributed by atoms with Crippen LogP contribution in [0, 0.1) is 5.82 Å². The Hall–Kier alpha value is -3.10. The van der Waals surface area contributed by atoms with Crippen LogP contribution in [-0.4, -0.2) is 26.3 Å². The van der Waals surface area contributed by atoms with Gasteiger partial charge in [-0.25, -0.2) is 9.37 Å². The first-order chi connectivity index (χ1) is 12.8. The van der Waals surface area contributed by atoms with Gasteiger partial charge in [-0.3, -0.25) is 4.98 Å². The monoisotopic (exact) mass is 377 g/mol. The molecule has 0 unspecified atom stereocenters. The lowest BCUT2D eigenvalue weighted by molar-refractivity contribution is -0.127. The van der Waals surface area contributed by atoms with Gasteiger partial charge in [-0.1, -0.05) is 12.1 Å². The third kappa shape index (κ3) is 5.19. The highest BCUT2D eigenvalue weighted by molar-refractivity contribution is 5.58. The van der Waals surface area contributed by atoms with E-state index in [1.165, 1.54) is 36.8 Å². The number of rotatable bonds is 5. The molecule has 2 aromatic heterocycles. The molecule has 140 valence electrons. The Morgan fingerprint density at radius 1 is 1.04 bits per heavy atom. The van der Waals surface area contributed by atoms with Crippen LogP contribution in [0.3, 0.4) is 0 Å². The molecule has 0 fully saturated rings. The molecule has 0 aliphatic rings. The molecule has 0 saturated heterocycles. The van der Waals surface area contributed by atoms with Gasteiger partial charge in [0, 0.05) is 11.6 Å². The molecule has 5 nitrogen and oxygen atoms in total. The summed E-state index contributed by atoms with van der Waals surface area (Å²) in [4.78, 5) is 8.44. The Labute approximate surface area is 152 Å². The second-order valence-electron chi connectivity index (χ2n) is 5.93. The van der Waals surface area contributed by atoms with E-state index in [4.69, 9.17) is 0 Å². The number of anilines is 1. The Kier molecular flexibility index (Phi) is 5.29.